The Kier molecular flexibility index (Phi) is 4.17. The van der Waals surface area contributed by atoms with Crippen molar-refractivity contribution in [1.29, 1.82) is 0 Å². The monoisotopic (exact) mass is 238 g/mol. The zero-order valence-electron chi connectivity index (χ0n) is 11.2. The number of methoxy groups -OCH3 is 1. The van der Waals surface area contributed by atoms with Crippen LogP contribution in [-0.4, -0.2) is 23.4 Å². The van der Waals surface area contributed by atoms with Crippen LogP contribution in [0.4, 0.5) is 0 Å². The SMILES string of the molecule is COc1ccc(C)cc1C(O)C(O)C(C)(C)C. The van der Waals surface area contributed by atoms with Crippen LogP contribution in [0.1, 0.15) is 38.0 Å². The molecule has 0 aliphatic rings. The Labute approximate surface area is 103 Å². The Morgan fingerprint density at radius 3 is 2.24 bits per heavy atom. The molecule has 17 heavy (non-hydrogen) atoms. The lowest BCUT2D eigenvalue weighted by atomic mass is 9.83. The summed E-state index contributed by atoms with van der Waals surface area (Å²) in [6.07, 6.45) is -1.77. The molecule has 2 N–H and O–H groups in total. The predicted molar refractivity (Wildman–Crippen MR) is 68.2 cm³/mol. The largest absolute Gasteiger partial charge is 0.496 e. The maximum absolute atomic E-state index is 10.2. The highest BCUT2D eigenvalue weighted by Gasteiger charge is 2.31. The van der Waals surface area contributed by atoms with Gasteiger partial charge in [0.15, 0.2) is 0 Å². The average Bonchev–Trinajstić information content (AvgIpc) is 2.25. The Morgan fingerprint density at radius 2 is 1.76 bits per heavy atom. The summed E-state index contributed by atoms with van der Waals surface area (Å²) in [4.78, 5) is 0. The third-order valence-electron chi connectivity index (χ3n) is 2.89. The summed E-state index contributed by atoms with van der Waals surface area (Å²) in [6, 6.07) is 5.57. The van der Waals surface area contributed by atoms with Gasteiger partial charge in [-0.15, -0.1) is 0 Å². The van der Waals surface area contributed by atoms with Crippen molar-refractivity contribution in [3.05, 3.63) is 29.3 Å². The number of hydrogen-bond donors (Lipinski definition) is 2. The normalized spacial score (nSPS) is 15.5. The number of benzene rings is 1. The number of aliphatic hydroxyl groups is 2. The summed E-state index contributed by atoms with van der Waals surface area (Å²) in [5, 5.41) is 20.3. The molecule has 1 aromatic carbocycles. The minimum Gasteiger partial charge on any atom is -0.496 e. The van der Waals surface area contributed by atoms with Crippen molar-refractivity contribution in [3.63, 3.8) is 0 Å². The van der Waals surface area contributed by atoms with Crippen LogP contribution in [0, 0.1) is 12.3 Å². The van der Waals surface area contributed by atoms with Crippen molar-refractivity contribution in [2.45, 2.75) is 39.9 Å². The first-order valence-electron chi connectivity index (χ1n) is 5.78. The topological polar surface area (TPSA) is 49.7 Å². The maximum Gasteiger partial charge on any atom is 0.124 e. The highest BCUT2D eigenvalue weighted by atomic mass is 16.5. The first kappa shape index (κ1) is 14.0. The second-order valence-electron chi connectivity index (χ2n) is 5.50. The van der Waals surface area contributed by atoms with E-state index < -0.39 is 12.2 Å². The van der Waals surface area contributed by atoms with E-state index in [1.54, 1.807) is 7.11 Å². The smallest absolute Gasteiger partial charge is 0.124 e. The van der Waals surface area contributed by atoms with Crippen LogP contribution >= 0.6 is 0 Å². The van der Waals surface area contributed by atoms with Crippen LogP contribution in [0.3, 0.4) is 0 Å². The molecule has 1 aromatic rings. The van der Waals surface area contributed by atoms with Gasteiger partial charge in [-0.1, -0.05) is 32.4 Å². The van der Waals surface area contributed by atoms with Crippen LogP contribution in [0.15, 0.2) is 18.2 Å². The molecular weight excluding hydrogens is 216 g/mol. The molecule has 0 aliphatic heterocycles. The Morgan fingerprint density at radius 1 is 1.18 bits per heavy atom. The molecule has 2 unspecified atom stereocenters. The van der Waals surface area contributed by atoms with Crippen LogP contribution in [0.5, 0.6) is 5.75 Å². The van der Waals surface area contributed by atoms with E-state index in [1.807, 2.05) is 45.9 Å². The third-order valence-corrected chi connectivity index (χ3v) is 2.89. The standard InChI is InChI=1S/C14H22O3/c1-9-6-7-11(17-5)10(8-9)12(15)13(16)14(2,3)4/h6-8,12-13,15-16H,1-5H3. The molecule has 0 aliphatic carbocycles. The lowest BCUT2D eigenvalue weighted by Gasteiger charge is -2.30. The van der Waals surface area contributed by atoms with Gasteiger partial charge in [-0.25, -0.2) is 0 Å². The van der Waals surface area contributed by atoms with E-state index >= 15 is 0 Å². The molecule has 0 saturated heterocycles. The van der Waals surface area contributed by atoms with E-state index in [1.165, 1.54) is 0 Å². The Bertz CT molecular complexity index is 380. The Balaban J connectivity index is 3.10. The molecule has 96 valence electrons. The predicted octanol–water partition coefficient (Wildman–Crippen LogP) is 2.44. The maximum atomic E-state index is 10.2. The van der Waals surface area contributed by atoms with E-state index in [0.29, 0.717) is 11.3 Å². The van der Waals surface area contributed by atoms with Gasteiger partial charge in [0.1, 0.15) is 11.9 Å². The van der Waals surface area contributed by atoms with Gasteiger partial charge in [0.2, 0.25) is 0 Å². The minimum atomic E-state index is -0.940. The van der Waals surface area contributed by atoms with Crippen LogP contribution < -0.4 is 4.74 Å². The van der Waals surface area contributed by atoms with Gasteiger partial charge in [0.05, 0.1) is 13.2 Å². The average molecular weight is 238 g/mol. The van der Waals surface area contributed by atoms with Crippen LogP contribution in [-0.2, 0) is 0 Å². The van der Waals surface area contributed by atoms with Gasteiger partial charge in [-0.05, 0) is 24.5 Å². The summed E-state index contributed by atoms with van der Waals surface area (Å²) in [5.41, 5.74) is 1.28. The molecule has 0 bridgehead atoms. The summed E-state index contributed by atoms with van der Waals surface area (Å²) < 4.78 is 5.21. The van der Waals surface area contributed by atoms with Gasteiger partial charge in [0, 0.05) is 5.56 Å². The first-order chi connectivity index (χ1) is 7.77. The lowest BCUT2D eigenvalue weighted by molar-refractivity contribution is -0.0466. The molecule has 0 fully saturated rings. The highest BCUT2D eigenvalue weighted by Crippen LogP contribution is 2.34. The molecule has 1 rings (SSSR count). The zero-order valence-corrected chi connectivity index (χ0v) is 11.2. The van der Waals surface area contributed by atoms with Gasteiger partial charge in [-0.2, -0.15) is 0 Å². The van der Waals surface area contributed by atoms with E-state index in [2.05, 4.69) is 0 Å². The Hall–Kier alpha value is -1.06. The summed E-state index contributed by atoms with van der Waals surface area (Å²) in [7, 11) is 1.56. The minimum absolute atomic E-state index is 0.381. The molecule has 0 heterocycles. The van der Waals surface area contributed by atoms with Crippen molar-refractivity contribution in [2.24, 2.45) is 5.41 Å². The second-order valence-corrected chi connectivity index (χ2v) is 5.50. The van der Waals surface area contributed by atoms with Crippen LogP contribution in [0.2, 0.25) is 0 Å². The molecule has 0 aromatic heterocycles. The number of rotatable bonds is 3. The molecule has 0 radical (unpaired) electrons. The van der Waals surface area contributed by atoms with Crippen molar-refractivity contribution >= 4 is 0 Å². The van der Waals surface area contributed by atoms with Gasteiger partial charge in [-0.3, -0.25) is 0 Å². The van der Waals surface area contributed by atoms with Crippen molar-refractivity contribution < 1.29 is 14.9 Å². The fraction of sp³-hybridized carbons (Fsp3) is 0.571. The van der Waals surface area contributed by atoms with E-state index in [4.69, 9.17) is 4.74 Å². The molecule has 2 atom stereocenters. The molecule has 0 amide bonds. The number of aliphatic hydroxyl groups excluding tert-OH is 2. The van der Waals surface area contributed by atoms with E-state index in [9.17, 15) is 10.2 Å². The molecule has 0 spiro atoms. The quantitative estimate of drug-likeness (QED) is 0.850. The summed E-state index contributed by atoms with van der Waals surface area (Å²) >= 11 is 0. The van der Waals surface area contributed by atoms with Gasteiger partial charge < -0.3 is 14.9 Å². The van der Waals surface area contributed by atoms with Gasteiger partial charge >= 0.3 is 0 Å². The number of ether oxygens (including phenoxy) is 1. The van der Waals surface area contributed by atoms with Crippen molar-refractivity contribution in [3.8, 4) is 5.75 Å². The van der Waals surface area contributed by atoms with Crippen molar-refractivity contribution in [1.82, 2.24) is 0 Å². The fourth-order valence-corrected chi connectivity index (χ4v) is 1.73. The summed E-state index contributed by atoms with van der Waals surface area (Å²) in [5.74, 6) is 0.603. The molecular formula is C14H22O3. The number of aryl methyl sites for hydroxylation is 1. The van der Waals surface area contributed by atoms with E-state index in [-0.39, 0.29) is 5.41 Å². The number of hydrogen-bond acceptors (Lipinski definition) is 3. The summed E-state index contributed by atoms with van der Waals surface area (Å²) in [6.45, 7) is 7.62. The lowest BCUT2D eigenvalue weighted by Crippen LogP contribution is -2.32. The fourth-order valence-electron chi connectivity index (χ4n) is 1.73. The molecule has 3 nitrogen and oxygen atoms in total. The second kappa shape index (κ2) is 5.07. The van der Waals surface area contributed by atoms with E-state index in [0.717, 1.165) is 5.56 Å². The highest BCUT2D eigenvalue weighted by molar-refractivity contribution is 5.39. The third kappa shape index (κ3) is 3.20. The zero-order chi connectivity index (χ0) is 13.2. The first-order valence-corrected chi connectivity index (χ1v) is 5.78. The molecule has 0 saturated carbocycles. The molecule has 3 heteroatoms. The van der Waals surface area contributed by atoms with Crippen LogP contribution in [0.25, 0.3) is 0 Å². The van der Waals surface area contributed by atoms with Gasteiger partial charge in [0.25, 0.3) is 0 Å². The van der Waals surface area contributed by atoms with Crippen molar-refractivity contribution in [2.75, 3.05) is 7.11 Å².